The second-order valence-corrected chi connectivity index (χ2v) is 8.51. The van der Waals surface area contributed by atoms with Gasteiger partial charge in [0.15, 0.2) is 12.2 Å². The van der Waals surface area contributed by atoms with Crippen molar-refractivity contribution >= 4 is 23.9 Å². The number of carboxylic acid groups (broad SMARTS) is 2. The summed E-state index contributed by atoms with van der Waals surface area (Å²) in [7, 11) is 0. The smallest absolute Gasteiger partial charge is 0.414 e. The number of rotatable bonds is 13. The summed E-state index contributed by atoms with van der Waals surface area (Å²) in [6.45, 7) is -0.919. The molecule has 2 rings (SSSR count). The van der Waals surface area contributed by atoms with Gasteiger partial charge in [-0.3, -0.25) is 0 Å². The van der Waals surface area contributed by atoms with Crippen LogP contribution in [0.4, 0.5) is 26.3 Å². The lowest BCUT2D eigenvalue weighted by molar-refractivity contribution is -0.216. The van der Waals surface area contributed by atoms with Gasteiger partial charge in [0.1, 0.15) is 13.2 Å². The number of alkyl halides is 6. The largest absolute Gasteiger partial charge is 0.478 e. The number of ether oxygens (including phenoxy) is 4. The van der Waals surface area contributed by atoms with Crippen LogP contribution < -0.4 is 0 Å². The van der Waals surface area contributed by atoms with Crippen LogP contribution in [0.25, 0.3) is 11.1 Å². The molecule has 2 aromatic carbocycles. The van der Waals surface area contributed by atoms with E-state index < -0.39 is 97.1 Å². The molecular weight excluding hydrogens is 586 g/mol. The molecular formula is C26H24F6O10. The first-order valence-corrected chi connectivity index (χ1v) is 11.9. The molecule has 16 heteroatoms. The van der Waals surface area contributed by atoms with Crippen LogP contribution >= 0.6 is 0 Å². The Bertz CT molecular complexity index is 1210. The van der Waals surface area contributed by atoms with Crippen LogP contribution in [-0.2, 0) is 18.9 Å². The van der Waals surface area contributed by atoms with E-state index >= 15 is 0 Å². The molecule has 0 aliphatic heterocycles. The van der Waals surface area contributed by atoms with Crippen molar-refractivity contribution in [1.29, 1.82) is 0 Å². The van der Waals surface area contributed by atoms with E-state index in [0.29, 0.717) is 0 Å². The zero-order chi connectivity index (χ0) is 31.8. The molecule has 0 aliphatic rings. The maximum Gasteiger partial charge on any atom is 0.414 e. The number of aromatic carboxylic acids is 2. The summed E-state index contributed by atoms with van der Waals surface area (Å²) in [5, 5.41) is 19.2. The zero-order valence-corrected chi connectivity index (χ0v) is 21.9. The molecule has 2 aromatic rings. The fourth-order valence-electron chi connectivity index (χ4n) is 3.22. The van der Waals surface area contributed by atoms with Crippen LogP contribution in [0.3, 0.4) is 0 Å². The second-order valence-electron chi connectivity index (χ2n) is 8.51. The number of carbonyl (C=O) groups excluding carboxylic acids is 2. The number of esters is 2. The van der Waals surface area contributed by atoms with Gasteiger partial charge in [-0.1, -0.05) is 12.1 Å². The predicted octanol–water partition coefficient (Wildman–Crippen LogP) is 5.00. The normalized spacial score (nSPS) is 13.2. The summed E-state index contributed by atoms with van der Waals surface area (Å²) in [6.07, 6.45) is -13.5. The average molecular weight is 610 g/mol. The molecule has 0 bridgehead atoms. The summed E-state index contributed by atoms with van der Waals surface area (Å²) in [6, 6.07) is 6.60. The quantitative estimate of drug-likeness (QED) is 0.181. The first-order valence-electron chi connectivity index (χ1n) is 11.9. The van der Waals surface area contributed by atoms with Gasteiger partial charge in [-0.25, -0.2) is 19.2 Å². The Balaban J connectivity index is 2.18. The predicted molar refractivity (Wildman–Crippen MR) is 129 cm³/mol. The lowest BCUT2D eigenvalue weighted by Gasteiger charge is -2.16. The van der Waals surface area contributed by atoms with E-state index in [2.05, 4.69) is 9.47 Å². The summed E-state index contributed by atoms with van der Waals surface area (Å²) < 4.78 is 93.5. The van der Waals surface area contributed by atoms with Gasteiger partial charge in [0.25, 0.3) is 0 Å². The molecule has 0 aliphatic carbocycles. The van der Waals surface area contributed by atoms with Gasteiger partial charge in [0, 0.05) is 0 Å². The fraction of sp³-hybridized carbons (Fsp3) is 0.385. The minimum absolute atomic E-state index is 0.100. The molecule has 2 N–H and O–H groups in total. The summed E-state index contributed by atoms with van der Waals surface area (Å²) in [5.74, 6) is -5.49. The molecule has 0 saturated carbocycles. The SMILES string of the molecule is CC(OCCOC(=O)c1ccc(-c2ccc(C(=O)OCCOC(C)C(F)(F)F)c(C(=O)O)c2)cc1C(=O)O)C(F)(F)F. The Morgan fingerprint density at radius 1 is 0.619 bits per heavy atom. The van der Waals surface area contributed by atoms with Crippen molar-refractivity contribution in [2.24, 2.45) is 0 Å². The molecule has 0 amide bonds. The summed E-state index contributed by atoms with van der Waals surface area (Å²) in [4.78, 5) is 48.3. The first kappa shape index (κ1) is 34.0. The molecule has 0 heterocycles. The number of hydrogen-bond acceptors (Lipinski definition) is 8. The van der Waals surface area contributed by atoms with Gasteiger partial charge < -0.3 is 29.2 Å². The standard InChI is InChI=1S/C26H24F6O10/c1-13(25(27,28)29)39-7-9-41-23(37)17-5-3-15(11-19(17)21(33)34)16-4-6-18(20(12-16)22(35)36)24(38)42-10-8-40-14(2)26(30,31)32/h3-6,11-14H,7-10H2,1-2H3,(H,33,34)(H,35,36). The molecule has 0 saturated heterocycles. The van der Waals surface area contributed by atoms with Crippen molar-refractivity contribution in [2.75, 3.05) is 26.4 Å². The number of carbonyl (C=O) groups is 4. The maximum atomic E-state index is 12.5. The number of benzene rings is 2. The van der Waals surface area contributed by atoms with Gasteiger partial charge in [-0.05, 0) is 49.2 Å². The van der Waals surface area contributed by atoms with Crippen molar-refractivity contribution in [2.45, 2.75) is 38.4 Å². The Kier molecular flexibility index (Phi) is 11.4. The maximum absolute atomic E-state index is 12.5. The third-order valence-corrected chi connectivity index (χ3v) is 5.56. The average Bonchev–Trinajstić information content (AvgIpc) is 2.91. The highest BCUT2D eigenvalue weighted by Crippen LogP contribution is 2.27. The van der Waals surface area contributed by atoms with Gasteiger partial charge in [-0.15, -0.1) is 0 Å². The van der Waals surface area contributed by atoms with E-state index in [0.717, 1.165) is 38.1 Å². The molecule has 0 radical (unpaired) electrons. The van der Waals surface area contributed by atoms with E-state index in [1.54, 1.807) is 0 Å². The Hall–Kier alpha value is -4.18. The molecule has 0 fully saturated rings. The zero-order valence-electron chi connectivity index (χ0n) is 21.9. The van der Waals surface area contributed by atoms with Crippen LogP contribution in [0, 0.1) is 0 Å². The van der Waals surface area contributed by atoms with Crippen LogP contribution in [-0.4, -0.2) is 85.1 Å². The van der Waals surface area contributed by atoms with Crippen LogP contribution in [0.5, 0.6) is 0 Å². The highest BCUT2D eigenvalue weighted by molar-refractivity contribution is 6.05. The third kappa shape index (κ3) is 9.44. The topological polar surface area (TPSA) is 146 Å². The summed E-state index contributed by atoms with van der Waals surface area (Å²) in [5.41, 5.74) is -1.84. The van der Waals surface area contributed by atoms with E-state index in [1.807, 2.05) is 0 Å². The number of halogens is 6. The highest BCUT2D eigenvalue weighted by atomic mass is 19.4. The van der Waals surface area contributed by atoms with E-state index in [-0.39, 0.29) is 11.1 Å². The molecule has 42 heavy (non-hydrogen) atoms. The monoisotopic (exact) mass is 610 g/mol. The Morgan fingerprint density at radius 3 is 1.24 bits per heavy atom. The van der Waals surface area contributed by atoms with Crippen LogP contribution in [0.1, 0.15) is 55.3 Å². The minimum Gasteiger partial charge on any atom is -0.478 e. The summed E-state index contributed by atoms with van der Waals surface area (Å²) >= 11 is 0. The molecule has 2 unspecified atom stereocenters. The van der Waals surface area contributed by atoms with Gasteiger partial charge in [-0.2, -0.15) is 26.3 Å². The van der Waals surface area contributed by atoms with Gasteiger partial charge in [0.05, 0.1) is 35.5 Å². The van der Waals surface area contributed by atoms with E-state index in [4.69, 9.17) is 9.47 Å². The molecule has 0 spiro atoms. The second kappa shape index (κ2) is 14.1. The lowest BCUT2D eigenvalue weighted by Crippen LogP contribution is -2.30. The van der Waals surface area contributed by atoms with Gasteiger partial charge in [0.2, 0.25) is 0 Å². The minimum atomic E-state index is -4.62. The Morgan fingerprint density at radius 2 is 0.952 bits per heavy atom. The van der Waals surface area contributed by atoms with Crippen molar-refractivity contribution in [1.82, 2.24) is 0 Å². The van der Waals surface area contributed by atoms with Crippen molar-refractivity contribution in [3.05, 3.63) is 58.7 Å². The third-order valence-electron chi connectivity index (χ3n) is 5.56. The fourth-order valence-corrected chi connectivity index (χ4v) is 3.22. The van der Waals surface area contributed by atoms with Crippen LogP contribution in [0.2, 0.25) is 0 Å². The van der Waals surface area contributed by atoms with E-state index in [1.165, 1.54) is 12.1 Å². The molecule has 0 aromatic heterocycles. The molecule has 230 valence electrons. The number of hydrogen-bond donors (Lipinski definition) is 2. The molecule has 10 nitrogen and oxygen atoms in total. The number of carboxylic acids is 2. The van der Waals surface area contributed by atoms with Gasteiger partial charge >= 0.3 is 36.2 Å². The highest BCUT2D eigenvalue weighted by Gasteiger charge is 2.37. The van der Waals surface area contributed by atoms with Crippen molar-refractivity contribution in [3.8, 4) is 11.1 Å². The lowest BCUT2D eigenvalue weighted by atomic mass is 9.96. The van der Waals surface area contributed by atoms with Crippen molar-refractivity contribution in [3.63, 3.8) is 0 Å². The van der Waals surface area contributed by atoms with Crippen LogP contribution in [0.15, 0.2) is 36.4 Å². The van der Waals surface area contributed by atoms with E-state index in [9.17, 15) is 55.7 Å². The molecule has 2 atom stereocenters. The van der Waals surface area contributed by atoms with Crippen molar-refractivity contribution < 1.29 is 74.7 Å². The first-order chi connectivity index (χ1) is 19.4. The Labute approximate surface area is 233 Å².